The zero-order valence-corrected chi connectivity index (χ0v) is 10.9. The predicted octanol–water partition coefficient (Wildman–Crippen LogP) is 2.35. The Morgan fingerprint density at radius 1 is 1.38 bits per heavy atom. The van der Waals surface area contributed by atoms with E-state index in [-0.39, 0.29) is 0 Å². The van der Waals surface area contributed by atoms with E-state index in [1.807, 2.05) is 13.8 Å². The maximum absolute atomic E-state index is 10.2. The van der Waals surface area contributed by atoms with Crippen molar-refractivity contribution in [3.05, 3.63) is 23.3 Å². The third-order valence-corrected chi connectivity index (χ3v) is 2.89. The molecule has 0 saturated carbocycles. The van der Waals surface area contributed by atoms with Crippen molar-refractivity contribution in [2.75, 3.05) is 7.05 Å². The smallest absolute Gasteiger partial charge is 0.233 e. The highest BCUT2D eigenvalue weighted by Gasteiger charge is 2.05. The number of amidine groups is 1. The number of carbonyl (C=O) groups is 1. The van der Waals surface area contributed by atoms with Crippen LogP contribution in [-0.2, 0) is 4.79 Å². The van der Waals surface area contributed by atoms with E-state index in [2.05, 4.69) is 21.9 Å². The van der Waals surface area contributed by atoms with Gasteiger partial charge in [0.25, 0.3) is 0 Å². The Kier molecular flexibility index (Phi) is 7.20. The molecule has 0 aliphatic carbocycles. The first-order valence-electron chi connectivity index (χ1n) is 4.74. The first-order chi connectivity index (χ1) is 7.56. The summed E-state index contributed by atoms with van der Waals surface area (Å²) in [5.41, 5.74) is 1.01. The molecule has 0 aromatic carbocycles. The molecule has 0 rings (SSSR count). The van der Waals surface area contributed by atoms with Gasteiger partial charge >= 0.3 is 0 Å². The topological polar surface area (TPSA) is 53.8 Å². The molecule has 16 heavy (non-hydrogen) atoms. The van der Waals surface area contributed by atoms with Gasteiger partial charge < -0.3 is 5.32 Å². The quantitative estimate of drug-likeness (QED) is 0.465. The van der Waals surface area contributed by atoms with Gasteiger partial charge in [-0.05, 0) is 31.9 Å². The summed E-state index contributed by atoms with van der Waals surface area (Å²) in [6.45, 7) is 9.29. The van der Waals surface area contributed by atoms with Crippen LogP contribution in [0.3, 0.4) is 0 Å². The molecular formula is C11H17N3OS. The lowest BCUT2D eigenvalue weighted by Gasteiger charge is -2.09. The first-order valence-corrected chi connectivity index (χ1v) is 5.56. The van der Waals surface area contributed by atoms with Gasteiger partial charge in [0.05, 0.1) is 5.04 Å². The summed E-state index contributed by atoms with van der Waals surface area (Å²) in [6.07, 6.45) is 2.12. The van der Waals surface area contributed by atoms with Gasteiger partial charge in [0, 0.05) is 12.6 Å². The molecule has 5 heteroatoms. The van der Waals surface area contributed by atoms with Crippen LogP contribution in [0.4, 0.5) is 0 Å². The summed E-state index contributed by atoms with van der Waals surface area (Å²) in [7, 11) is 1.71. The minimum atomic E-state index is 0.543. The van der Waals surface area contributed by atoms with Gasteiger partial charge in [-0.1, -0.05) is 18.3 Å². The number of thioether (sulfide) groups is 1. The average molecular weight is 239 g/mol. The molecule has 0 aliphatic heterocycles. The van der Waals surface area contributed by atoms with E-state index < -0.39 is 0 Å². The summed E-state index contributed by atoms with van der Waals surface area (Å²) in [5, 5.41) is 3.66. The van der Waals surface area contributed by atoms with Crippen molar-refractivity contribution < 1.29 is 4.79 Å². The number of aliphatic imine (C=N–C) groups is 2. The highest BCUT2D eigenvalue weighted by molar-refractivity contribution is 8.17. The molecule has 1 amide bonds. The summed E-state index contributed by atoms with van der Waals surface area (Å²) < 4.78 is 0. The summed E-state index contributed by atoms with van der Waals surface area (Å²) in [4.78, 5) is 19.0. The third kappa shape index (κ3) is 4.93. The molecule has 88 valence electrons. The molecular weight excluding hydrogens is 222 g/mol. The lowest BCUT2D eigenvalue weighted by Crippen LogP contribution is -2.18. The van der Waals surface area contributed by atoms with Gasteiger partial charge in [0.2, 0.25) is 6.41 Å². The normalized spacial score (nSPS) is 14.2. The molecule has 0 atom stereocenters. The van der Waals surface area contributed by atoms with Gasteiger partial charge in [-0.2, -0.15) is 0 Å². The number of nitrogens with zero attached hydrogens (tertiary/aromatic N) is 2. The van der Waals surface area contributed by atoms with Crippen molar-refractivity contribution in [2.45, 2.75) is 20.8 Å². The van der Waals surface area contributed by atoms with Crippen molar-refractivity contribution in [2.24, 2.45) is 9.98 Å². The second kappa shape index (κ2) is 7.87. The van der Waals surface area contributed by atoms with Crippen LogP contribution in [0.15, 0.2) is 33.2 Å². The Bertz CT molecular complexity index is 356. The van der Waals surface area contributed by atoms with Gasteiger partial charge in [-0.25, -0.2) is 4.99 Å². The standard InChI is InChI=1S/C11H17N3OS/c1-6-13-11(12-5)8(2)9(3)16-10(4)14-7-15/h6-7H,1H2,2-5H3,(H,12,13)/b9-8-,14-10-. The number of nitrogens with one attached hydrogen (secondary N) is 1. The van der Waals surface area contributed by atoms with Crippen LogP contribution in [0.2, 0.25) is 0 Å². The van der Waals surface area contributed by atoms with E-state index in [1.54, 1.807) is 20.2 Å². The van der Waals surface area contributed by atoms with E-state index in [0.29, 0.717) is 11.5 Å². The molecule has 0 radical (unpaired) electrons. The SMILES string of the molecule is C=CNC(=N\C)/C(C)=C(/C)S/C(C)=N\C=O. The minimum absolute atomic E-state index is 0.543. The van der Waals surface area contributed by atoms with Crippen LogP contribution in [0.5, 0.6) is 0 Å². The lowest BCUT2D eigenvalue weighted by atomic mass is 10.2. The van der Waals surface area contributed by atoms with Crippen molar-refractivity contribution in [3.63, 3.8) is 0 Å². The molecule has 0 fully saturated rings. The average Bonchev–Trinajstić information content (AvgIpc) is 2.25. The fourth-order valence-electron chi connectivity index (χ4n) is 1.00. The molecule has 0 heterocycles. The number of allylic oxidation sites excluding steroid dienone is 1. The minimum Gasteiger partial charge on any atom is -0.347 e. The molecule has 0 unspecified atom stereocenters. The number of hydrogen-bond donors (Lipinski definition) is 1. The van der Waals surface area contributed by atoms with Crippen LogP contribution in [-0.4, -0.2) is 24.3 Å². The molecule has 0 saturated heterocycles. The molecule has 0 aromatic rings. The van der Waals surface area contributed by atoms with Crippen LogP contribution in [0, 0.1) is 0 Å². The lowest BCUT2D eigenvalue weighted by molar-refractivity contribution is -0.106. The highest BCUT2D eigenvalue weighted by atomic mass is 32.2. The Morgan fingerprint density at radius 3 is 2.44 bits per heavy atom. The van der Waals surface area contributed by atoms with Gasteiger partial charge in [-0.15, -0.1) is 0 Å². The van der Waals surface area contributed by atoms with Crippen molar-refractivity contribution in [1.29, 1.82) is 0 Å². The number of hydrogen-bond acceptors (Lipinski definition) is 3. The Morgan fingerprint density at radius 2 is 2.00 bits per heavy atom. The molecule has 0 spiro atoms. The molecule has 0 aliphatic rings. The van der Waals surface area contributed by atoms with E-state index in [0.717, 1.165) is 16.3 Å². The van der Waals surface area contributed by atoms with Crippen molar-refractivity contribution in [3.8, 4) is 0 Å². The molecule has 0 bridgehead atoms. The first kappa shape index (κ1) is 14.6. The van der Waals surface area contributed by atoms with Gasteiger partial charge in [-0.3, -0.25) is 9.79 Å². The maximum Gasteiger partial charge on any atom is 0.233 e. The summed E-state index contributed by atoms with van der Waals surface area (Å²) in [5.74, 6) is 0.763. The van der Waals surface area contributed by atoms with Crippen LogP contribution < -0.4 is 5.32 Å². The Balaban J connectivity index is 4.87. The maximum atomic E-state index is 10.2. The summed E-state index contributed by atoms with van der Waals surface area (Å²) >= 11 is 1.45. The predicted molar refractivity (Wildman–Crippen MR) is 71.8 cm³/mol. The van der Waals surface area contributed by atoms with Crippen LogP contribution in [0.25, 0.3) is 0 Å². The van der Waals surface area contributed by atoms with E-state index in [4.69, 9.17) is 0 Å². The van der Waals surface area contributed by atoms with Gasteiger partial charge in [0.1, 0.15) is 5.84 Å². The second-order valence-electron chi connectivity index (χ2n) is 2.96. The van der Waals surface area contributed by atoms with E-state index in [9.17, 15) is 4.79 Å². The van der Waals surface area contributed by atoms with Gasteiger partial charge in [0.15, 0.2) is 0 Å². The van der Waals surface area contributed by atoms with Crippen molar-refractivity contribution >= 4 is 29.1 Å². The van der Waals surface area contributed by atoms with E-state index in [1.165, 1.54) is 11.8 Å². The van der Waals surface area contributed by atoms with E-state index >= 15 is 0 Å². The molecule has 0 aromatic heterocycles. The third-order valence-electron chi connectivity index (χ3n) is 1.88. The van der Waals surface area contributed by atoms with Crippen LogP contribution in [0.1, 0.15) is 20.8 Å². The zero-order valence-electron chi connectivity index (χ0n) is 10.1. The summed E-state index contributed by atoms with van der Waals surface area (Å²) in [6, 6.07) is 0. The zero-order chi connectivity index (χ0) is 12.6. The van der Waals surface area contributed by atoms with Crippen LogP contribution >= 0.6 is 11.8 Å². The number of carbonyl (C=O) groups excluding carboxylic acids is 1. The Hall–Kier alpha value is -1.36. The Labute approximate surface area is 101 Å². The number of amides is 1. The van der Waals surface area contributed by atoms with Crippen molar-refractivity contribution in [1.82, 2.24) is 5.32 Å². The molecule has 1 N–H and O–H groups in total. The monoisotopic (exact) mass is 239 g/mol. The highest BCUT2D eigenvalue weighted by Crippen LogP contribution is 2.21. The fourth-order valence-corrected chi connectivity index (χ4v) is 1.79. The second-order valence-corrected chi connectivity index (χ2v) is 4.36. The fraction of sp³-hybridized carbons (Fsp3) is 0.364. The largest absolute Gasteiger partial charge is 0.347 e. The molecule has 4 nitrogen and oxygen atoms in total. The number of rotatable bonds is 4.